The second-order valence-electron chi connectivity index (χ2n) is 5.15. The van der Waals surface area contributed by atoms with Crippen molar-refractivity contribution in [2.75, 3.05) is 19.8 Å². The quantitative estimate of drug-likeness (QED) is 0.803. The highest BCUT2D eigenvalue weighted by atomic mass is 19.1. The van der Waals surface area contributed by atoms with Gasteiger partial charge < -0.3 is 10.0 Å². The van der Waals surface area contributed by atoms with Crippen molar-refractivity contribution in [2.24, 2.45) is 11.8 Å². The van der Waals surface area contributed by atoms with Gasteiger partial charge in [-0.3, -0.25) is 9.18 Å². The largest absolute Gasteiger partial charge is 0.481 e. The predicted octanol–water partition coefficient (Wildman–Crippen LogP) is 1.92. The molecule has 1 atom stereocenters. The number of nitrogens with zero attached hydrogens (tertiary/aromatic N) is 1. The molecule has 1 saturated carbocycles. The van der Waals surface area contributed by atoms with Crippen molar-refractivity contribution in [3.05, 3.63) is 0 Å². The van der Waals surface area contributed by atoms with Crippen LogP contribution >= 0.6 is 0 Å². The lowest BCUT2D eigenvalue weighted by atomic mass is 9.85. The van der Waals surface area contributed by atoms with Crippen LogP contribution in [0.4, 0.5) is 4.39 Å². The average molecular weight is 229 g/mol. The van der Waals surface area contributed by atoms with Gasteiger partial charge >= 0.3 is 5.97 Å². The fourth-order valence-electron chi connectivity index (χ4n) is 3.01. The van der Waals surface area contributed by atoms with Crippen LogP contribution in [0.3, 0.4) is 0 Å². The maximum absolute atomic E-state index is 12.5. The zero-order valence-corrected chi connectivity index (χ0v) is 9.57. The molecule has 92 valence electrons. The fraction of sp³-hybridized carbons (Fsp3) is 0.917. The Balaban J connectivity index is 1.79. The van der Waals surface area contributed by atoms with Gasteiger partial charge in [0.15, 0.2) is 0 Å². The van der Waals surface area contributed by atoms with E-state index in [2.05, 4.69) is 4.90 Å². The third-order valence-electron chi connectivity index (χ3n) is 4.10. The molecule has 2 rings (SSSR count). The number of carboxylic acids is 1. The number of aliphatic carboxylic acids is 1. The molecule has 0 aromatic carbocycles. The number of likely N-dealkylation sites (tertiary alicyclic amines) is 1. The maximum atomic E-state index is 12.5. The maximum Gasteiger partial charge on any atom is 0.306 e. The third kappa shape index (κ3) is 2.54. The van der Waals surface area contributed by atoms with Gasteiger partial charge in [-0.2, -0.15) is 0 Å². The second-order valence-corrected chi connectivity index (χ2v) is 5.15. The van der Waals surface area contributed by atoms with E-state index in [1.165, 1.54) is 0 Å². The number of hydrogen-bond donors (Lipinski definition) is 1. The van der Waals surface area contributed by atoms with Crippen molar-refractivity contribution < 1.29 is 14.3 Å². The molecule has 1 aliphatic carbocycles. The summed E-state index contributed by atoms with van der Waals surface area (Å²) in [6.07, 6.45) is 4.48. The normalized spacial score (nSPS) is 36.4. The summed E-state index contributed by atoms with van der Waals surface area (Å²) in [5, 5.41) is 8.91. The van der Waals surface area contributed by atoms with Gasteiger partial charge in [0.1, 0.15) is 0 Å². The standard InChI is InChI=1S/C12H20FNO2/c13-7-9-5-6-14(8-9)11-3-1-10(2-4-11)12(15)16/h9-11H,1-8H2,(H,15,16)/t9-,10?,11?/m0/s1. The minimum Gasteiger partial charge on any atom is -0.481 e. The first-order valence-corrected chi connectivity index (χ1v) is 6.23. The highest BCUT2D eigenvalue weighted by Crippen LogP contribution is 2.30. The van der Waals surface area contributed by atoms with Crippen LogP contribution in [-0.4, -0.2) is 41.8 Å². The predicted molar refractivity (Wildman–Crippen MR) is 59.0 cm³/mol. The Bertz CT molecular complexity index is 251. The number of halogens is 1. The minimum absolute atomic E-state index is 0.143. The van der Waals surface area contributed by atoms with E-state index >= 15 is 0 Å². The molecule has 0 spiro atoms. The molecule has 1 N–H and O–H groups in total. The summed E-state index contributed by atoms with van der Waals surface area (Å²) >= 11 is 0. The van der Waals surface area contributed by atoms with Crippen LogP contribution in [0.2, 0.25) is 0 Å². The van der Waals surface area contributed by atoms with Crippen molar-refractivity contribution in [2.45, 2.75) is 38.1 Å². The minimum atomic E-state index is -0.651. The summed E-state index contributed by atoms with van der Waals surface area (Å²) in [5.41, 5.74) is 0. The van der Waals surface area contributed by atoms with E-state index in [4.69, 9.17) is 5.11 Å². The smallest absolute Gasteiger partial charge is 0.306 e. The first kappa shape index (κ1) is 11.8. The summed E-state index contributed by atoms with van der Waals surface area (Å²) in [6, 6.07) is 0.507. The molecule has 0 aromatic heterocycles. The summed E-state index contributed by atoms with van der Waals surface area (Å²) in [7, 11) is 0. The van der Waals surface area contributed by atoms with Crippen molar-refractivity contribution >= 4 is 5.97 Å². The Hall–Kier alpha value is -0.640. The van der Waals surface area contributed by atoms with E-state index in [9.17, 15) is 9.18 Å². The van der Waals surface area contributed by atoms with Crippen LogP contribution in [0.25, 0.3) is 0 Å². The number of carboxylic acid groups (broad SMARTS) is 1. The molecule has 2 fully saturated rings. The first-order valence-electron chi connectivity index (χ1n) is 6.23. The van der Waals surface area contributed by atoms with Crippen molar-refractivity contribution in [3.8, 4) is 0 Å². The molecule has 1 heterocycles. The van der Waals surface area contributed by atoms with Gasteiger partial charge in [0, 0.05) is 18.5 Å². The molecule has 0 amide bonds. The Morgan fingerprint density at radius 1 is 1.25 bits per heavy atom. The zero-order valence-electron chi connectivity index (χ0n) is 9.57. The van der Waals surface area contributed by atoms with Gasteiger partial charge in [-0.25, -0.2) is 0 Å². The van der Waals surface area contributed by atoms with Crippen molar-refractivity contribution in [1.29, 1.82) is 0 Å². The van der Waals surface area contributed by atoms with Crippen molar-refractivity contribution in [1.82, 2.24) is 4.90 Å². The van der Waals surface area contributed by atoms with Crippen LogP contribution in [-0.2, 0) is 4.79 Å². The highest BCUT2D eigenvalue weighted by molar-refractivity contribution is 5.70. The van der Waals surface area contributed by atoms with E-state index in [0.717, 1.165) is 45.2 Å². The van der Waals surface area contributed by atoms with Gasteiger partial charge in [-0.1, -0.05) is 0 Å². The number of alkyl halides is 1. The fourth-order valence-corrected chi connectivity index (χ4v) is 3.01. The SMILES string of the molecule is O=C(O)C1CCC(N2CC[C@@H](CF)C2)CC1. The summed E-state index contributed by atoms with van der Waals surface area (Å²) < 4.78 is 12.5. The zero-order chi connectivity index (χ0) is 11.5. The molecule has 16 heavy (non-hydrogen) atoms. The first-order chi connectivity index (χ1) is 7.70. The molecule has 0 radical (unpaired) electrons. The molecule has 0 unspecified atom stereocenters. The average Bonchev–Trinajstić information content (AvgIpc) is 2.77. The number of rotatable bonds is 3. The van der Waals surface area contributed by atoms with Crippen LogP contribution < -0.4 is 0 Å². The van der Waals surface area contributed by atoms with Gasteiger partial charge in [0.25, 0.3) is 0 Å². The molecule has 2 aliphatic rings. The lowest BCUT2D eigenvalue weighted by Crippen LogP contribution is -2.37. The monoisotopic (exact) mass is 229 g/mol. The van der Waals surface area contributed by atoms with E-state index in [1.807, 2.05) is 0 Å². The molecule has 0 aromatic rings. The van der Waals surface area contributed by atoms with E-state index in [-0.39, 0.29) is 18.5 Å². The van der Waals surface area contributed by atoms with Gasteiger partial charge in [0.2, 0.25) is 0 Å². The Morgan fingerprint density at radius 3 is 2.44 bits per heavy atom. The Morgan fingerprint density at radius 2 is 1.94 bits per heavy atom. The van der Waals surface area contributed by atoms with Gasteiger partial charge in [0.05, 0.1) is 12.6 Å². The summed E-state index contributed by atoms with van der Waals surface area (Å²) in [5.74, 6) is -0.575. The topological polar surface area (TPSA) is 40.5 Å². The van der Waals surface area contributed by atoms with Crippen LogP contribution in [0.15, 0.2) is 0 Å². The van der Waals surface area contributed by atoms with Crippen LogP contribution in [0, 0.1) is 11.8 Å². The second kappa shape index (κ2) is 5.13. The molecule has 1 aliphatic heterocycles. The van der Waals surface area contributed by atoms with E-state index in [1.54, 1.807) is 0 Å². The molecule has 1 saturated heterocycles. The molecular formula is C12H20FNO2. The van der Waals surface area contributed by atoms with Crippen molar-refractivity contribution in [3.63, 3.8) is 0 Å². The van der Waals surface area contributed by atoms with E-state index < -0.39 is 5.97 Å². The van der Waals surface area contributed by atoms with Gasteiger partial charge in [-0.05, 0) is 38.6 Å². The lowest BCUT2D eigenvalue weighted by Gasteiger charge is -2.33. The Labute approximate surface area is 95.6 Å². The van der Waals surface area contributed by atoms with Gasteiger partial charge in [-0.15, -0.1) is 0 Å². The molecule has 3 nitrogen and oxygen atoms in total. The molecule has 0 bridgehead atoms. The van der Waals surface area contributed by atoms with Crippen LogP contribution in [0.1, 0.15) is 32.1 Å². The number of carbonyl (C=O) groups is 1. The Kier molecular flexibility index (Phi) is 3.79. The molecular weight excluding hydrogens is 209 g/mol. The third-order valence-corrected chi connectivity index (χ3v) is 4.10. The van der Waals surface area contributed by atoms with E-state index in [0.29, 0.717) is 6.04 Å². The molecule has 4 heteroatoms. The highest BCUT2D eigenvalue weighted by Gasteiger charge is 2.32. The lowest BCUT2D eigenvalue weighted by molar-refractivity contribution is -0.143. The summed E-state index contributed by atoms with van der Waals surface area (Å²) in [6.45, 7) is 1.66. The number of hydrogen-bond acceptors (Lipinski definition) is 2. The van der Waals surface area contributed by atoms with Crippen LogP contribution in [0.5, 0.6) is 0 Å². The summed E-state index contributed by atoms with van der Waals surface area (Å²) in [4.78, 5) is 13.2.